The molecule has 0 aliphatic carbocycles. The highest BCUT2D eigenvalue weighted by atomic mass is 14.9. The van der Waals surface area contributed by atoms with Crippen LogP contribution in [0.4, 0.5) is 0 Å². The van der Waals surface area contributed by atoms with Crippen LogP contribution >= 0.6 is 0 Å². The van der Waals surface area contributed by atoms with Crippen molar-refractivity contribution in [3.05, 3.63) is 47.4 Å². The Kier molecular flexibility index (Phi) is 2.03. The third-order valence-electron chi connectivity index (χ3n) is 2.69. The van der Waals surface area contributed by atoms with Crippen molar-refractivity contribution < 1.29 is 0 Å². The molecule has 3 rings (SSSR count). The second-order valence-corrected chi connectivity index (χ2v) is 3.85. The van der Waals surface area contributed by atoms with Crippen molar-refractivity contribution >= 4 is 6.21 Å². The topological polar surface area (TPSA) is 38.1 Å². The molecule has 1 aromatic carbocycles. The van der Waals surface area contributed by atoms with E-state index in [0.717, 1.165) is 28.2 Å². The molecule has 0 saturated heterocycles. The fraction of sp³-hybridized carbons (Fsp3) is 0.154. The number of aryl methyl sites for hydroxylation is 1. The van der Waals surface area contributed by atoms with Crippen LogP contribution in [0, 0.1) is 6.92 Å². The summed E-state index contributed by atoms with van der Waals surface area (Å²) in [6.45, 7) is 2.57. The average molecular weight is 209 g/mol. The van der Waals surface area contributed by atoms with E-state index in [1.54, 1.807) is 0 Å². The minimum Gasteiger partial charge on any atom is -0.288 e. The molecule has 0 N–H and O–H groups in total. The molecule has 0 saturated carbocycles. The fourth-order valence-corrected chi connectivity index (χ4v) is 1.91. The lowest BCUT2D eigenvalue weighted by Crippen LogP contribution is -1.97. The Morgan fingerprint density at radius 3 is 3.00 bits per heavy atom. The Morgan fingerprint density at radius 1 is 1.19 bits per heavy atom. The largest absolute Gasteiger partial charge is 0.288 e. The van der Waals surface area contributed by atoms with Crippen molar-refractivity contribution in [1.29, 1.82) is 0 Å². The minimum absolute atomic E-state index is 0.657. The molecule has 0 unspecified atom stereocenters. The predicted molar refractivity (Wildman–Crippen MR) is 63.5 cm³/mol. The third kappa shape index (κ3) is 1.41. The van der Waals surface area contributed by atoms with Gasteiger partial charge in [-0.3, -0.25) is 4.99 Å². The zero-order chi connectivity index (χ0) is 11.0. The summed E-state index contributed by atoms with van der Waals surface area (Å²) in [6.07, 6.45) is 3.78. The number of hydrogen-bond acceptors (Lipinski definition) is 3. The van der Waals surface area contributed by atoms with Crippen LogP contribution in [0.3, 0.4) is 0 Å². The average Bonchev–Trinajstić information content (AvgIpc) is 2.48. The molecule has 0 atom stereocenters. The van der Waals surface area contributed by atoms with Crippen molar-refractivity contribution in [2.45, 2.75) is 13.5 Å². The highest BCUT2D eigenvalue weighted by molar-refractivity contribution is 5.91. The van der Waals surface area contributed by atoms with Gasteiger partial charge in [0.25, 0.3) is 0 Å². The van der Waals surface area contributed by atoms with E-state index < -0.39 is 0 Å². The second-order valence-electron chi connectivity index (χ2n) is 3.85. The molecule has 2 aromatic rings. The van der Waals surface area contributed by atoms with Crippen LogP contribution in [0.1, 0.15) is 17.0 Å². The van der Waals surface area contributed by atoms with E-state index in [1.165, 1.54) is 0 Å². The molecule has 78 valence electrons. The van der Waals surface area contributed by atoms with Gasteiger partial charge >= 0.3 is 0 Å². The first kappa shape index (κ1) is 9.21. The molecule has 1 aliphatic rings. The normalized spacial score (nSPS) is 12.8. The van der Waals surface area contributed by atoms with E-state index >= 15 is 0 Å². The molecular formula is C13H11N3. The summed E-state index contributed by atoms with van der Waals surface area (Å²) in [5, 5.41) is 0. The van der Waals surface area contributed by atoms with E-state index in [4.69, 9.17) is 0 Å². The number of fused-ring (bicyclic) bond motifs is 3. The summed E-state index contributed by atoms with van der Waals surface area (Å²) in [5.74, 6) is 0.801. The Hall–Kier alpha value is -2.03. The molecule has 16 heavy (non-hydrogen) atoms. The van der Waals surface area contributed by atoms with Gasteiger partial charge in [0.2, 0.25) is 0 Å². The molecular weight excluding hydrogens is 198 g/mol. The highest BCUT2D eigenvalue weighted by Gasteiger charge is 2.13. The van der Waals surface area contributed by atoms with E-state index in [-0.39, 0.29) is 0 Å². The van der Waals surface area contributed by atoms with Gasteiger partial charge in [-0.25, -0.2) is 9.97 Å². The summed E-state index contributed by atoms with van der Waals surface area (Å²) in [7, 11) is 0. The quantitative estimate of drug-likeness (QED) is 0.668. The lowest BCUT2D eigenvalue weighted by molar-refractivity contribution is 0.983. The Morgan fingerprint density at radius 2 is 2.06 bits per heavy atom. The lowest BCUT2D eigenvalue weighted by Gasteiger charge is -2.07. The first-order valence-corrected chi connectivity index (χ1v) is 5.26. The smallest absolute Gasteiger partial charge is 0.125 e. The molecule has 3 heteroatoms. The van der Waals surface area contributed by atoms with Gasteiger partial charge < -0.3 is 0 Å². The summed E-state index contributed by atoms with van der Waals surface area (Å²) in [5.41, 5.74) is 4.37. The van der Waals surface area contributed by atoms with E-state index in [1.807, 2.05) is 31.5 Å². The SMILES string of the molecule is Cc1ncc2c(n1)-c1ccccc1C=NC2. The molecule has 1 aromatic heterocycles. The lowest BCUT2D eigenvalue weighted by atomic mass is 10.0. The molecule has 0 spiro atoms. The maximum absolute atomic E-state index is 4.52. The Labute approximate surface area is 93.9 Å². The number of nitrogens with zero attached hydrogens (tertiary/aromatic N) is 3. The van der Waals surface area contributed by atoms with Gasteiger partial charge in [0, 0.05) is 29.1 Å². The number of hydrogen-bond donors (Lipinski definition) is 0. The van der Waals surface area contributed by atoms with E-state index in [9.17, 15) is 0 Å². The zero-order valence-corrected chi connectivity index (χ0v) is 9.01. The maximum atomic E-state index is 4.52. The molecule has 3 nitrogen and oxygen atoms in total. The molecule has 0 fully saturated rings. The van der Waals surface area contributed by atoms with Crippen molar-refractivity contribution in [2.75, 3.05) is 0 Å². The van der Waals surface area contributed by atoms with Gasteiger partial charge in [-0.15, -0.1) is 0 Å². The molecule has 2 heterocycles. The number of rotatable bonds is 0. The van der Waals surface area contributed by atoms with Crippen LogP contribution in [-0.2, 0) is 6.54 Å². The van der Waals surface area contributed by atoms with Crippen LogP contribution in [0.25, 0.3) is 11.3 Å². The highest BCUT2D eigenvalue weighted by Crippen LogP contribution is 2.26. The van der Waals surface area contributed by atoms with Crippen molar-refractivity contribution in [3.8, 4) is 11.3 Å². The molecule has 0 radical (unpaired) electrons. The number of benzene rings is 1. The van der Waals surface area contributed by atoms with Crippen LogP contribution in [0.15, 0.2) is 35.5 Å². The van der Waals surface area contributed by atoms with Gasteiger partial charge in [-0.2, -0.15) is 0 Å². The van der Waals surface area contributed by atoms with Crippen molar-refractivity contribution in [3.63, 3.8) is 0 Å². The number of aromatic nitrogens is 2. The first-order valence-electron chi connectivity index (χ1n) is 5.26. The Bertz CT molecular complexity index is 573. The zero-order valence-electron chi connectivity index (χ0n) is 9.01. The van der Waals surface area contributed by atoms with Gasteiger partial charge in [0.1, 0.15) is 5.82 Å². The number of aliphatic imine (C=N–C) groups is 1. The van der Waals surface area contributed by atoms with E-state index in [2.05, 4.69) is 27.1 Å². The summed E-state index contributed by atoms with van der Waals surface area (Å²) >= 11 is 0. The second kappa shape index (κ2) is 3.52. The predicted octanol–water partition coefficient (Wildman–Crippen LogP) is 2.38. The summed E-state index contributed by atoms with van der Waals surface area (Å²) < 4.78 is 0. The van der Waals surface area contributed by atoms with Gasteiger partial charge in [-0.1, -0.05) is 24.3 Å². The fourth-order valence-electron chi connectivity index (χ4n) is 1.91. The monoisotopic (exact) mass is 209 g/mol. The van der Waals surface area contributed by atoms with Gasteiger partial charge in [0.15, 0.2) is 0 Å². The first-order chi connectivity index (χ1) is 7.84. The molecule has 0 amide bonds. The summed E-state index contributed by atoms with van der Waals surface area (Å²) in [4.78, 5) is 13.1. The van der Waals surface area contributed by atoms with Gasteiger partial charge in [-0.05, 0) is 6.92 Å². The van der Waals surface area contributed by atoms with Crippen LogP contribution < -0.4 is 0 Å². The summed E-state index contributed by atoms with van der Waals surface area (Å²) in [6, 6.07) is 8.19. The van der Waals surface area contributed by atoms with Crippen LogP contribution in [-0.4, -0.2) is 16.2 Å². The standard InChI is InChI=1S/C13H11N3/c1-9-15-8-11-7-14-6-10-4-2-3-5-12(10)13(11)16-9/h2-6,8H,7H2,1H3. The maximum Gasteiger partial charge on any atom is 0.125 e. The van der Waals surface area contributed by atoms with Crippen molar-refractivity contribution in [2.24, 2.45) is 4.99 Å². The molecule has 1 aliphatic heterocycles. The Balaban J connectivity index is 2.32. The minimum atomic E-state index is 0.657. The van der Waals surface area contributed by atoms with Crippen LogP contribution in [0.5, 0.6) is 0 Å². The van der Waals surface area contributed by atoms with E-state index in [0.29, 0.717) is 6.54 Å². The van der Waals surface area contributed by atoms with Gasteiger partial charge in [0.05, 0.1) is 12.2 Å². The van der Waals surface area contributed by atoms with Crippen molar-refractivity contribution in [1.82, 2.24) is 9.97 Å². The van der Waals surface area contributed by atoms with Crippen LogP contribution in [0.2, 0.25) is 0 Å². The molecule has 0 bridgehead atoms. The third-order valence-corrected chi connectivity index (χ3v) is 2.69.